The Morgan fingerprint density at radius 2 is 1.60 bits per heavy atom. The molecule has 1 unspecified atom stereocenters. The van der Waals surface area contributed by atoms with Gasteiger partial charge in [-0.05, 0) is 78.3 Å². The molecule has 21 heteroatoms. The first-order chi connectivity index (χ1) is 34.7. The molecule has 3 aromatic heterocycles. The van der Waals surface area contributed by atoms with Crippen molar-refractivity contribution in [1.82, 2.24) is 53.5 Å². The first-order valence-electron chi connectivity index (χ1n) is 25.0. The number of imidazole rings is 1. The highest BCUT2D eigenvalue weighted by molar-refractivity contribution is 6.05. The first-order valence-corrected chi connectivity index (χ1v) is 25.0. The fraction of sp³-hybridized carbons (Fsp3) is 0.510. The van der Waals surface area contributed by atoms with E-state index in [-0.39, 0.29) is 36.2 Å². The second-order valence-electron chi connectivity index (χ2n) is 20.6. The molecule has 0 saturated carbocycles. The van der Waals surface area contributed by atoms with Gasteiger partial charge in [0.25, 0.3) is 5.91 Å². The molecule has 5 aromatic rings. The minimum absolute atomic E-state index is 0.100. The van der Waals surface area contributed by atoms with E-state index in [0.29, 0.717) is 101 Å². The SMILES string of the molecule is Cn1cnnc1CC1(c2cccc(-n3cc4c(C(F)(F)F)cc(CN5CCN(CC(=O)N6CCC(CN7CCN(c8ccc9c(c8)CN(C8CCC(=O)NC8=O)C9=O)CC7)CC6)CC5)cn4c3=O)c2)COC1. The van der Waals surface area contributed by atoms with Gasteiger partial charge in [-0.1, -0.05) is 12.1 Å². The predicted molar refractivity (Wildman–Crippen MR) is 257 cm³/mol. The van der Waals surface area contributed by atoms with E-state index >= 15 is 0 Å². The highest BCUT2D eigenvalue weighted by atomic mass is 19.4. The zero-order valence-corrected chi connectivity index (χ0v) is 40.4. The molecule has 380 valence electrons. The average molecular weight is 993 g/mol. The second kappa shape index (κ2) is 19.2. The smallest absolute Gasteiger partial charge is 0.379 e. The normalized spacial score (nSPS) is 21.6. The van der Waals surface area contributed by atoms with Gasteiger partial charge in [0.05, 0.1) is 36.5 Å². The molecule has 6 aliphatic rings. The van der Waals surface area contributed by atoms with E-state index in [1.165, 1.54) is 17.0 Å². The minimum atomic E-state index is -4.70. The molecule has 0 radical (unpaired) electrons. The molecule has 0 bridgehead atoms. The largest absolute Gasteiger partial charge is 0.418 e. The number of fused-ring (bicyclic) bond motifs is 2. The Bertz CT molecular complexity index is 2960. The number of anilines is 1. The number of piperidine rings is 2. The Labute approximate surface area is 413 Å². The molecule has 5 saturated heterocycles. The predicted octanol–water partition coefficient (Wildman–Crippen LogP) is 2.69. The van der Waals surface area contributed by atoms with Crippen LogP contribution in [0.5, 0.6) is 0 Å². The first kappa shape index (κ1) is 47.9. The molecule has 5 fully saturated rings. The Morgan fingerprint density at radius 3 is 2.29 bits per heavy atom. The average Bonchev–Trinajstić information content (AvgIpc) is 4.03. The number of benzene rings is 2. The number of carbonyl (C=O) groups is 4. The zero-order valence-electron chi connectivity index (χ0n) is 40.4. The number of ether oxygens (including phenoxy) is 1. The van der Waals surface area contributed by atoms with Gasteiger partial charge in [0.2, 0.25) is 17.7 Å². The number of aryl methyl sites for hydroxylation is 1. The number of likely N-dealkylation sites (tertiary alicyclic amines) is 1. The molecule has 0 aliphatic carbocycles. The van der Waals surface area contributed by atoms with Crippen LogP contribution < -0.4 is 15.9 Å². The number of piperazine rings is 2. The van der Waals surface area contributed by atoms with Gasteiger partial charge in [0.15, 0.2) is 0 Å². The summed E-state index contributed by atoms with van der Waals surface area (Å²) in [5, 5.41) is 10.6. The summed E-state index contributed by atoms with van der Waals surface area (Å²) in [7, 11) is 1.87. The van der Waals surface area contributed by atoms with Crippen LogP contribution in [0.1, 0.15) is 64.1 Å². The molecule has 72 heavy (non-hydrogen) atoms. The van der Waals surface area contributed by atoms with Crippen molar-refractivity contribution in [2.24, 2.45) is 13.0 Å². The molecule has 0 spiro atoms. The van der Waals surface area contributed by atoms with Crippen LogP contribution in [-0.4, -0.2) is 170 Å². The van der Waals surface area contributed by atoms with E-state index < -0.39 is 34.8 Å². The monoisotopic (exact) mass is 992 g/mol. The number of carbonyl (C=O) groups excluding carboxylic acids is 4. The van der Waals surface area contributed by atoms with Gasteiger partial charge in [-0.3, -0.25) is 48.2 Å². The number of pyridine rings is 1. The number of rotatable bonds is 12. The summed E-state index contributed by atoms with van der Waals surface area (Å²) in [6, 6.07) is 13.7. The molecule has 4 amide bonds. The van der Waals surface area contributed by atoms with E-state index in [4.69, 9.17) is 4.74 Å². The van der Waals surface area contributed by atoms with Gasteiger partial charge in [-0.15, -0.1) is 10.2 Å². The standard InChI is InChI=1S/C51H59F3N12O6/c1-58-33-55-57-44(58)24-50(31-72-32-50)37-3-2-4-39(23-37)64-29-43-41(51(52,53)54)21-35(27-66(43)49(64)71)26-59-13-15-61(16-14-59)30-46(68)63-11-9-34(10-12-63)25-60-17-19-62(20-18-60)38-5-6-40-36(22-38)28-65(48(40)70)42-7-8-45(67)56-47(42)69/h2-6,21-23,27,29,33-34,42H,7-20,24-26,28,30-32H2,1H3,(H,56,67,69). The number of nitrogens with zero attached hydrogens (tertiary/aromatic N) is 11. The number of imide groups is 1. The highest BCUT2D eigenvalue weighted by Gasteiger charge is 2.43. The Balaban J connectivity index is 0.644. The number of aromatic nitrogens is 5. The van der Waals surface area contributed by atoms with Crippen LogP contribution in [0, 0.1) is 5.92 Å². The van der Waals surface area contributed by atoms with Crippen LogP contribution in [-0.2, 0) is 57.3 Å². The van der Waals surface area contributed by atoms with Crippen molar-refractivity contribution in [2.45, 2.75) is 62.8 Å². The molecule has 1 N–H and O–H groups in total. The molecular formula is C51H59F3N12O6. The third-order valence-electron chi connectivity index (χ3n) is 15.9. The van der Waals surface area contributed by atoms with Crippen LogP contribution >= 0.6 is 0 Å². The number of nitrogens with one attached hydrogen (secondary N) is 1. The maximum Gasteiger partial charge on any atom is 0.418 e. The highest BCUT2D eigenvalue weighted by Crippen LogP contribution is 2.38. The fourth-order valence-corrected chi connectivity index (χ4v) is 11.5. The van der Waals surface area contributed by atoms with Crippen LogP contribution in [0.3, 0.4) is 0 Å². The van der Waals surface area contributed by atoms with Gasteiger partial charge >= 0.3 is 11.9 Å². The Hall–Kier alpha value is -6.42. The van der Waals surface area contributed by atoms with Crippen molar-refractivity contribution in [3.63, 3.8) is 0 Å². The minimum Gasteiger partial charge on any atom is -0.379 e. The quantitative estimate of drug-likeness (QED) is 0.182. The summed E-state index contributed by atoms with van der Waals surface area (Å²) in [4.78, 5) is 77.4. The lowest BCUT2D eigenvalue weighted by Crippen LogP contribution is -2.52. The van der Waals surface area contributed by atoms with Crippen molar-refractivity contribution >= 4 is 34.8 Å². The van der Waals surface area contributed by atoms with Gasteiger partial charge in [0.1, 0.15) is 18.2 Å². The van der Waals surface area contributed by atoms with E-state index in [2.05, 4.69) is 41.2 Å². The van der Waals surface area contributed by atoms with E-state index in [1.807, 2.05) is 40.8 Å². The summed E-state index contributed by atoms with van der Waals surface area (Å²) in [5.74, 6) is 0.489. The number of amides is 4. The van der Waals surface area contributed by atoms with Crippen molar-refractivity contribution in [3.05, 3.63) is 111 Å². The Morgan fingerprint density at radius 1 is 0.847 bits per heavy atom. The van der Waals surface area contributed by atoms with Crippen LogP contribution in [0.15, 0.2) is 72.0 Å². The molecule has 9 heterocycles. The summed E-state index contributed by atoms with van der Waals surface area (Å²) in [6.45, 7) is 10.0. The third kappa shape index (κ3) is 9.42. The van der Waals surface area contributed by atoms with E-state index in [1.54, 1.807) is 23.4 Å². The van der Waals surface area contributed by atoms with Gasteiger partial charge in [-0.25, -0.2) is 4.79 Å². The lowest BCUT2D eigenvalue weighted by atomic mass is 9.75. The van der Waals surface area contributed by atoms with Crippen LogP contribution in [0.25, 0.3) is 11.2 Å². The molecular weight excluding hydrogens is 934 g/mol. The summed E-state index contributed by atoms with van der Waals surface area (Å²) >= 11 is 0. The Kier molecular flexibility index (Phi) is 12.8. The van der Waals surface area contributed by atoms with Crippen LogP contribution in [0.2, 0.25) is 0 Å². The van der Waals surface area contributed by atoms with Gasteiger partial charge in [0, 0.05) is 134 Å². The van der Waals surface area contributed by atoms with Crippen molar-refractivity contribution in [1.29, 1.82) is 0 Å². The van der Waals surface area contributed by atoms with Crippen molar-refractivity contribution in [2.75, 3.05) is 96.7 Å². The maximum absolute atomic E-state index is 14.7. The van der Waals surface area contributed by atoms with Gasteiger partial charge in [-0.2, -0.15) is 13.2 Å². The number of hydrogen-bond donors (Lipinski definition) is 1. The molecule has 18 nitrogen and oxygen atoms in total. The zero-order chi connectivity index (χ0) is 49.9. The molecule has 11 rings (SSSR count). The van der Waals surface area contributed by atoms with Crippen molar-refractivity contribution in [3.8, 4) is 5.69 Å². The van der Waals surface area contributed by atoms with Gasteiger partial charge < -0.3 is 24.0 Å². The maximum atomic E-state index is 14.7. The summed E-state index contributed by atoms with van der Waals surface area (Å²) in [5.41, 5.74) is 2.22. The van der Waals surface area contributed by atoms with Crippen molar-refractivity contribution < 1.29 is 37.1 Å². The fourth-order valence-electron chi connectivity index (χ4n) is 11.5. The second-order valence-corrected chi connectivity index (χ2v) is 20.6. The topological polar surface area (TPSA) is 166 Å². The van der Waals surface area contributed by atoms with Crippen LogP contribution in [0.4, 0.5) is 18.9 Å². The summed E-state index contributed by atoms with van der Waals surface area (Å²) < 4.78 is 54.0. The number of halogens is 3. The number of hydrogen-bond acceptors (Lipinski definition) is 12. The molecule has 6 aliphatic heterocycles. The van der Waals surface area contributed by atoms with E-state index in [0.717, 1.165) is 78.7 Å². The third-order valence-corrected chi connectivity index (χ3v) is 15.9. The molecule has 1 atom stereocenters. The molecule has 2 aromatic carbocycles. The van der Waals surface area contributed by atoms with E-state index in [9.17, 15) is 37.1 Å². The lowest BCUT2D eigenvalue weighted by Gasteiger charge is -2.41. The summed E-state index contributed by atoms with van der Waals surface area (Å²) in [6.07, 6.45) is 2.71. The number of alkyl halides is 3. The lowest BCUT2D eigenvalue weighted by molar-refractivity contribution is -0.137.